The molecule has 1 atom stereocenters. The van der Waals surface area contributed by atoms with Crippen molar-refractivity contribution in [2.75, 3.05) is 26.3 Å². The SMILES string of the molecule is CCCCOCCNCC(C(N)=NO)C(F)(F)F. The van der Waals surface area contributed by atoms with Crippen LogP contribution in [0.25, 0.3) is 0 Å². The summed E-state index contributed by atoms with van der Waals surface area (Å²) in [5.41, 5.74) is 4.99. The highest BCUT2D eigenvalue weighted by Crippen LogP contribution is 2.25. The molecule has 0 saturated carbocycles. The van der Waals surface area contributed by atoms with Crippen LogP contribution >= 0.6 is 0 Å². The molecule has 18 heavy (non-hydrogen) atoms. The molecule has 5 nitrogen and oxygen atoms in total. The molecule has 0 amide bonds. The summed E-state index contributed by atoms with van der Waals surface area (Å²) in [6.07, 6.45) is -2.60. The number of oxime groups is 1. The van der Waals surface area contributed by atoms with Crippen LogP contribution in [0, 0.1) is 5.92 Å². The summed E-state index contributed by atoms with van der Waals surface area (Å²) in [4.78, 5) is 0. The van der Waals surface area contributed by atoms with Gasteiger partial charge in [-0.25, -0.2) is 0 Å². The van der Waals surface area contributed by atoms with Gasteiger partial charge in [-0.05, 0) is 6.42 Å². The van der Waals surface area contributed by atoms with Gasteiger partial charge in [0.2, 0.25) is 0 Å². The Kier molecular flexibility index (Phi) is 8.47. The van der Waals surface area contributed by atoms with Crippen LogP contribution in [-0.2, 0) is 4.74 Å². The summed E-state index contributed by atoms with van der Waals surface area (Å²) in [6, 6.07) is 0. The predicted molar refractivity (Wildman–Crippen MR) is 61.6 cm³/mol. The highest BCUT2D eigenvalue weighted by Gasteiger charge is 2.42. The van der Waals surface area contributed by atoms with Gasteiger partial charge in [-0.2, -0.15) is 13.2 Å². The number of hydrogen-bond donors (Lipinski definition) is 3. The van der Waals surface area contributed by atoms with E-state index in [9.17, 15) is 13.2 Å². The molecule has 0 aliphatic heterocycles. The summed E-state index contributed by atoms with van der Waals surface area (Å²) in [7, 11) is 0. The molecule has 0 aliphatic carbocycles. The van der Waals surface area contributed by atoms with Crippen molar-refractivity contribution >= 4 is 5.84 Å². The van der Waals surface area contributed by atoms with Gasteiger partial charge in [-0.15, -0.1) is 0 Å². The first-order valence-corrected chi connectivity index (χ1v) is 5.76. The summed E-state index contributed by atoms with van der Waals surface area (Å²) in [5.74, 6) is -2.83. The highest BCUT2D eigenvalue weighted by molar-refractivity contribution is 5.83. The predicted octanol–water partition coefficient (Wildman–Crippen LogP) is 1.32. The Morgan fingerprint density at radius 2 is 2.11 bits per heavy atom. The molecule has 0 aromatic carbocycles. The topological polar surface area (TPSA) is 79.9 Å². The first-order chi connectivity index (χ1) is 8.43. The molecular formula is C10H20F3N3O2. The van der Waals surface area contributed by atoms with E-state index < -0.39 is 24.5 Å². The number of amidine groups is 1. The molecule has 1 unspecified atom stereocenters. The number of ether oxygens (including phenoxy) is 1. The minimum Gasteiger partial charge on any atom is -0.409 e. The molecular weight excluding hydrogens is 251 g/mol. The van der Waals surface area contributed by atoms with E-state index in [4.69, 9.17) is 15.7 Å². The van der Waals surface area contributed by atoms with Crippen LogP contribution in [0.2, 0.25) is 0 Å². The third-order valence-corrected chi connectivity index (χ3v) is 2.28. The number of hydrogen-bond acceptors (Lipinski definition) is 4. The summed E-state index contributed by atoms with van der Waals surface area (Å²) in [6.45, 7) is 2.81. The van der Waals surface area contributed by atoms with Crippen molar-refractivity contribution in [3.8, 4) is 0 Å². The standard InChI is InChI=1S/C10H20F3N3O2/c1-2-3-5-18-6-4-15-7-8(9(14)16-17)10(11,12)13/h8,15,17H,2-7H2,1H3,(H2,14,16). The van der Waals surface area contributed by atoms with Gasteiger partial charge in [-0.3, -0.25) is 0 Å². The average Bonchev–Trinajstić information content (AvgIpc) is 2.30. The molecule has 0 fully saturated rings. The maximum Gasteiger partial charge on any atom is 0.400 e. The highest BCUT2D eigenvalue weighted by atomic mass is 19.4. The third-order valence-electron chi connectivity index (χ3n) is 2.28. The smallest absolute Gasteiger partial charge is 0.400 e. The zero-order valence-corrected chi connectivity index (χ0v) is 10.3. The van der Waals surface area contributed by atoms with Crippen LogP contribution in [0.5, 0.6) is 0 Å². The average molecular weight is 271 g/mol. The van der Waals surface area contributed by atoms with E-state index >= 15 is 0 Å². The largest absolute Gasteiger partial charge is 0.409 e. The van der Waals surface area contributed by atoms with E-state index in [-0.39, 0.29) is 6.54 Å². The lowest BCUT2D eigenvalue weighted by molar-refractivity contribution is -0.155. The Morgan fingerprint density at radius 1 is 1.44 bits per heavy atom. The summed E-state index contributed by atoms with van der Waals surface area (Å²) in [5, 5.41) is 13.2. The van der Waals surface area contributed by atoms with Gasteiger partial charge in [0.05, 0.1) is 6.61 Å². The molecule has 0 rings (SSSR count). The quantitative estimate of drug-likeness (QED) is 0.194. The van der Waals surface area contributed by atoms with Crippen molar-refractivity contribution in [3.05, 3.63) is 0 Å². The molecule has 0 heterocycles. The first-order valence-electron chi connectivity index (χ1n) is 5.76. The fourth-order valence-electron chi connectivity index (χ4n) is 1.20. The van der Waals surface area contributed by atoms with E-state index in [1.54, 1.807) is 0 Å². The summed E-state index contributed by atoms with van der Waals surface area (Å²) < 4.78 is 42.6. The minimum absolute atomic E-state index is 0.287. The van der Waals surface area contributed by atoms with E-state index in [0.29, 0.717) is 13.2 Å². The molecule has 4 N–H and O–H groups in total. The zero-order valence-electron chi connectivity index (χ0n) is 10.3. The van der Waals surface area contributed by atoms with E-state index in [1.165, 1.54) is 0 Å². The Labute approximate surface area is 104 Å². The fourth-order valence-corrected chi connectivity index (χ4v) is 1.20. The lowest BCUT2D eigenvalue weighted by Gasteiger charge is -2.19. The molecule has 0 aromatic heterocycles. The first kappa shape index (κ1) is 17.0. The van der Waals surface area contributed by atoms with Crippen molar-refractivity contribution in [1.82, 2.24) is 5.32 Å². The van der Waals surface area contributed by atoms with Gasteiger partial charge >= 0.3 is 6.18 Å². The Bertz CT molecular complexity index is 247. The molecule has 0 spiro atoms. The molecule has 0 radical (unpaired) electrons. The van der Waals surface area contributed by atoms with Crippen molar-refractivity contribution < 1.29 is 23.1 Å². The van der Waals surface area contributed by atoms with Gasteiger partial charge in [0, 0.05) is 19.7 Å². The van der Waals surface area contributed by atoms with Gasteiger partial charge in [0.25, 0.3) is 0 Å². The minimum atomic E-state index is -4.54. The van der Waals surface area contributed by atoms with E-state index in [2.05, 4.69) is 10.5 Å². The van der Waals surface area contributed by atoms with E-state index in [1.807, 2.05) is 6.92 Å². The number of nitrogens with zero attached hydrogens (tertiary/aromatic N) is 1. The normalized spacial score (nSPS) is 14.8. The van der Waals surface area contributed by atoms with Crippen LogP contribution < -0.4 is 11.1 Å². The van der Waals surface area contributed by atoms with Gasteiger partial charge in [-0.1, -0.05) is 18.5 Å². The number of halogens is 3. The van der Waals surface area contributed by atoms with Crippen molar-refractivity contribution in [1.29, 1.82) is 0 Å². The van der Waals surface area contributed by atoms with Gasteiger partial charge in [0.1, 0.15) is 5.92 Å². The van der Waals surface area contributed by atoms with Crippen molar-refractivity contribution in [3.63, 3.8) is 0 Å². The van der Waals surface area contributed by atoms with Crippen LogP contribution in [0.1, 0.15) is 19.8 Å². The second-order valence-electron chi connectivity index (χ2n) is 3.79. The van der Waals surface area contributed by atoms with Crippen molar-refractivity contribution in [2.24, 2.45) is 16.8 Å². The molecule has 8 heteroatoms. The van der Waals surface area contributed by atoms with Gasteiger partial charge in [0.15, 0.2) is 5.84 Å². The second kappa shape index (κ2) is 8.98. The van der Waals surface area contributed by atoms with E-state index in [0.717, 1.165) is 12.8 Å². The number of nitrogens with two attached hydrogens (primary N) is 1. The Morgan fingerprint density at radius 3 is 2.61 bits per heavy atom. The Balaban J connectivity index is 3.86. The molecule has 0 aliphatic rings. The zero-order chi connectivity index (χ0) is 14.0. The third kappa shape index (κ3) is 7.33. The number of rotatable bonds is 9. The lowest BCUT2D eigenvalue weighted by Crippen LogP contribution is -2.43. The fraction of sp³-hybridized carbons (Fsp3) is 0.900. The molecule has 0 saturated heterocycles. The second-order valence-corrected chi connectivity index (χ2v) is 3.79. The van der Waals surface area contributed by atoms with Gasteiger partial charge < -0.3 is 21.0 Å². The lowest BCUT2D eigenvalue weighted by atomic mass is 10.1. The molecule has 108 valence electrons. The van der Waals surface area contributed by atoms with Crippen LogP contribution in [0.4, 0.5) is 13.2 Å². The van der Waals surface area contributed by atoms with Crippen LogP contribution in [0.15, 0.2) is 5.16 Å². The monoisotopic (exact) mass is 271 g/mol. The molecule has 0 bridgehead atoms. The van der Waals surface area contributed by atoms with Crippen molar-refractivity contribution in [2.45, 2.75) is 25.9 Å². The Hall–Kier alpha value is -1.02. The number of nitrogens with one attached hydrogen (secondary N) is 1. The number of unbranched alkanes of at least 4 members (excludes halogenated alkanes) is 1. The van der Waals surface area contributed by atoms with Crippen LogP contribution in [-0.4, -0.2) is 43.5 Å². The molecule has 0 aromatic rings. The maximum atomic E-state index is 12.5. The summed E-state index contributed by atoms with van der Waals surface area (Å²) >= 11 is 0. The maximum absolute atomic E-state index is 12.5. The van der Waals surface area contributed by atoms with Crippen LogP contribution in [0.3, 0.4) is 0 Å². The number of alkyl halides is 3.